The zero-order valence-corrected chi connectivity index (χ0v) is 16.2. The molecule has 2 aromatic carbocycles. The van der Waals surface area contributed by atoms with E-state index in [4.69, 9.17) is 0 Å². The van der Waals surface area contributed by atoms with E-state index >= 15 is 0 Å². The Morgan fingerprint density at radius 1 is 1.00 bits per heavy atom. The Morgan fingerprint density at radius 3 is 2.35 bits per heavy atom. The van der Waals surface area contributed by atoms with Crippen molar-refractivity contribution in [2.24, 2.45) is 0 Å². The van der Waals surface area contributed by atoms with Gasteiger partial charge in [-0.1, -0.05) is 29.8 Å². The number of hydrogen-bond acceptors (Lipinski definition) is 3. The molecule has 1 amide bonds. The topological polar surface area (TPSA) is 66.5 Å². The molecule has 0 atom stereocenters. The second-order valence-electron chi connectivity index (χ2n) is 6.87. The molecular weight excluding hydrogens is 348 g/mol. The van der Waals surface area contributed by atoms with Crippen molar-refractivity contribution >= 4 is 21.6 Å². The molecule has 0 unspecified atom stereocenters. The minimum absolute atomic E-state index is 0.121. The van der Waals surface area contributed by atoms with E-state index < -0.39 is 10.0 Å². The number of carbonyl (C=O) groups excluding carboxylic acids is 1. The maximum atomic E-state index is 12.9. The summed E-state index contributed by atoms with van der Waals surface area (Å²) in [5, 5.41) is 0. The third kappa shape index (κ3) is 3.60. The fraction of sp³-hybridized carbons (Fsp3) is 0.350. The van der Waals surface area contributed by atoms with Gasteiger partial charge in [0, 0.05) is 13.1 Å². The Labute approximate surface area is 155 Å². The van der Waals surface area contributed by atoms with Gasteiger partial charge in [0.25, 0.3) is 15.9 Å². The second kappa shape index (κ2) is 7.11. The molecule has 0 spiro atoms. The van der Waals surface area contributed by atoms with Crippen LogP contribution in [0.3, 0.4) is 0 Å². The summed E-state index contributed by atoms with van der Waals surface area (Å²) >= 11 is 0. The van der Waals surface area contributed by atoms with Gasteiger partial charge in [-0.3, -0.25) is 9.52 Å². The minimum Gasteiger partial charge on any atom is -0.339 e. The average Bonchev–Trinajstić information content (AvgIpc) is 3.10. The lowest BCUT2D eigenvalue weighted by atomic mass is 10.1. The third-order valence-corrected chi connectivity index (χ3v) is 6.26. The second-order valence-corrected chi connectivity index (χ2v) is 8.52. The van der Waals surface area contributed by atoms with Gasteiger partial charge in [-0.05, 0) is 56.9 Å². The standard InChI is InChI=1S/C20H24N2O3S/c1-14-9-10-18(16(3)13-14)26(24,25)21-19-15(2)7-6-8-17(19)20(23)22-11-4-5-12-22/h6-10,13,21H,4-5,11-12H2,1-3H3. The molecule has 1 aliphatic heterocycles. The van der Waals surface area contributed by atoms with E-state index in [2.05, 4.69) is 4.72 Å². The van der Waals surface area contributed by atoms with Crippen LogP contribution in [-0.4, -0.2) is 32.3 Å². The van der Waals surface area contributed by atoms with E-state index in [0.29, 0.717) is 16.8 Å². The molecule has 0 bridgehead atoms. The summed E-state index contributed by atoms with van der Waals surface area (Å²) in [6.45, 7) is 6.94. The van der Waals surface area contributed by atoms with E-state index in [9.17, 15) is 13.2 Å². The molecule has 1 fully saturated rings. The monoisotopic (exact) mass is 372 g/mol. The predicted molar refractivity (Wildman–Crippen MR) is 103 cm³/mol. The number of para-hydroxylation sites is 1. The zero-order valence-electron chi connectivity index (χ0n) is 15.4. The van der Waals surface area contributed by atoms with E-state index in [-0.39, 0.29) is 10.8 Å². The maximum absolute atomic E-state index is 12.9. The Kier molecular flexibility index (Phi) is 5.05. The SMILES string of the molecule is Cc1ccc(S(=O)(=O)Nc2c(C)cccc2C(=O)N2CCCC2)c(C)c1. The van der Waals surface area contributed by atoms with Crippen LogP contribution in [0.4, 0.5) is 5.69 Å². The number of rotatable bonds is 4. The van der Waals surface area contributed by atoms with Crippen molar-refractivity contribution in [3.63, 3.8) is 0 Å². The van der Waals surface area contributed by atoms with E-state index in [1.54, 1.807) is 49.1 Å². The van der Waals surface area contributed by atoms with E-state index in [1.807, 2.05) is 13.0 Å². The predicted octanol–water partition coefficient (Wildman–Crippen LogP) is 3.65. The maximum Gasteiger partial charge on any atom is 0.262 e. The number of nitrogens with one attached hydrogen (secondary N) is 1. The first-order valence-electron chi connectivity index (χ1n) is 8.78. The van der Waals surface area contributed by atoms with Gasteiger partial charge in [0.1, 0.15) is 0 Å². The largest absolute Gasteiger partial charge is 0.339 e. The summed E-state index contributed by atoms with van der Waals surface area (Å²) in [6.07, 6.45) is 1.97. The van der Waals surface area contributed by atoms with Crippen LogP contribution in [0.1, 0.15) is 39.9 Å². The first-order chi connectivity index (χ1) is 12.3. The lowest BCUT2D eigenvalue weighted by Crippen LogP contribution is -2.29. The van der Waals surface area contributed by atoms with Crippen molar-refractivity contribution in [2.45, 2.75) is 38.5 Å². The minimum atomic E-state index is -3.78. The average molecular weight is 372 g/mol. The van der Waals surface area contributed by atoms with Crippen LogP contribution in [-0.2, 0) is 10.0 Å². The van der Waals surface area contributed by atoms with E-state index in [0.717, 1.165) is 37.1 Å². The molecule has 0 radical (unpaired) electrons. The summed E-state index contributed by atoms with van der Waals surface area (Å²) in [5.41, 5.74) is 3.17. The van der Waals surface area contributed by atoms with Crippen LogP contribution in [0.2, 0.25) is 0 Å². The molecule has 2 aromatic rings. The molecule has 0 aliphatic carbocycles. The molecule has 1 saturated heterocycles. The van der Waals surface area contributed by atoms with Crippen molar-refractivity contribution in [3.8, 4) is 0 Å². The van der Waals surface area contributed by atoms with Crippen molar-refractivity contribution in [1.29, 1.82) is 0 Å². The highest BCUT2D eigenvalue weighted by molar-refractivity contribution is 7.92. The van der Waals surface area contributed by atoms with Gasteiger partial charge in [0.2, 0.25) is 0 Å². The molecule has 1 N–H and O–H groups in total. The van der Waals surface area contributed by atoms with Crippen molar-refractivity contribution in [1.82, 2.24) is 4.90 Å². The molecule has 0 saturated carbocycles. The summed E-state index contributed by atoms with van der Waals surface area (Å²) in [6, 6.07) is 10.5. The van der Waals surface area contributed by atoms with Crippen molar-refractivity contribution < 1.29 is 13.2 Å². The molecule has 26 heavy (non-hydrogen) atoms. The van der Waals surface area contributed by atoms with Crippen molar-refractivity contribution in [3.05, 3.63) is 58.7 Å². The first-order valence-corrected chi connectivity index (χ1v) is 10.3. The smallest absolute Gasteiger partial charge is 0.262 e. The highest BCUT2D eigenvalue weighted by Gasteiger charge is 2.25. The number of carbonyl (C=O) groups is 1. The van der Waals surface area contributed by atoms with E-state index in [1.165, 1.54) is 0 Å². The molecular formula is C20H24N2O3S. The summed E-state index contributed by atoms with van der Waals surface area (Å²) in [4.78, 5) is 14.9. The number of likely N-dealkylation sites (tertiary alicyclic amines) is 1. The van der Waals surface area contributed by atoms with Crippen LogP contribution in [0.5, 0.6) is 0 Å². The van der Waals surface area contributed by atoms with Crippen LogP contribution >= 0.6 is 0 Å². The quantitative estimate of drug-likeness (QED) is 0.891. The Hall–Kier alpha value is -2.34. The first kappa shape index (κ1) is 18.5. The Bertz CT molecular complexity index is 946. The highest BCUT2D eigenvalue weighted by Crippen LogP contribution is 2.27. The summed E-state index contributed by atoms with van der Waals surface area (Å²) in [5.74, 6) is -0.121. The molecule has 1 aliphatic rings. The fourth-order valence-electron chi connectivity index (χ4n) is 3.36. The highest BCUT2D eigenvalue weighted by atomic mass is 32.2. The van der Waals surface area contributed by atoms with Gasteiger partial charge in [-0.2, -0.15) is 0 Å². The number of nitrogens with zero attached hydrogens (tertiary/aromatic N) is 1. The lowest BCUT2D eigenvalue weighted by Gasteiger charge is -2.20. The number of benzene rings is 2. The normalized spacial score (nSPS) is 14.5. The van der Waals surface area contributed by atoms with Crippen LogP contribution < -0.4 is 4.72 Å². The Morgan fingerprint density at radius 2 is 1.69 bits per heavy atom. The zero-order chi connectivity index (χ0) is 18.9. The lowest BCUT2D eigenvalue weighted by molar-refractivity contribution is 0.0794. The molecule has 0 aromatic heterocycles. The number of aryl methyl sites for hydroxylation is 3. The molecule has 6 heteroatoms. The molecule has 3 rings (SSSR count). The number of anilines is 1. The molecule has 5 nitrogen and oxygen atoms in total. The number of sulfonamides is 1. The van der Waals surface area contributed by atoms with Crippen LogP contribution in [0.15, 0.2) is 41.3 Å². The molecule has 138 valence electrons. The van der Waals surface area contributed by atoms with Gasteiger partial charge in [-0.25, -0.2) is 8.42 Å². The van der Waals surface area contributed by atoms with Crippen LogP contribution in [0, 0.1) is 20.8 Å². The number of amides is 1. The fourth-order valence-corrected chi connectivity index (χ4v) is 4.74. The van der Waals surface area contributed by atoms with Gasteiger partial charge in [-0.15, -0.1) is 0 Å². The van der Waals surface area contributed by atoms with Crippen molar-refractivity contribution in [2.75, 3.05) is 17.8 Å². The van der Waals surface area contributed by atoms with Gasteiger partial charge >= 0.3 is 0 Å². The van der Waals surface area contributed by atoms with Gasteiger partial charge in [0.05, 0.1) is 16.1 Å². The summed E-state index contributed by atoms with van der Waals surface area (Å²) in [7, 11) is -3.78. The number of hydrogen-bond donors (Lipinski definition) is 1. The van der Waals surface area contributed by atoms with Gasteiger partial charge < -0.3 is 4.90 Å². The summed E-state index contributed by atoms with van der Waals surface area (Å²) < 4.78 is 28.6. The van der Waals surface area contributed by atoms with Crippen LogP contribution in [0.25, 0.3) is 0 Å². The Balaban J connectivity index is 2.00. The molecule has 1 heterocycles. The third-order valence-electron chi connectivity index (χ3n) is 4.75. The van der Waals surface area contributed by atoms with Gasteiger partial charge in [0.15, 0.2) is 0 Å².